The maximum atomic E-state index is 12.3. The zero-order valence-electron chi connectivity index (χ0n) is 11.8. The minimum absolute atomic E-state index is 0.229. The topological polar surface area (TPSA) is 66.8 Å². The lowest BCUT2D eigenvalue weighted by molar-refractivity contribution is -0.140. The largest absolute Gasteiger partial charge is 0.489 e. The van der Waals surface area contributed by atoms with Crippen molar-refractivity contribution in [2.45, 2.75) is 0 Å². The molecule has 1 aromatic carbocycles. The number of benzene rings is 1. The SMILES string of the molecule is C=CCOc1ccc(Br)cc1/C=C1\SC(=S)N(CC(=O)O)C1=O. The average Bonchev–Trinajstić information content (AvgIpc) is 2.74. The monoisotopic (exact) mass is 413 g/mol. The Morgan fingerprint density at radius 3 is 2.91 bits per heavy atom. The van der Waals surface area contributed by atoms with Crippen LogP contribution in [0.5, 0.6) is 5.75 Å². The first-order chi connectivity index (χ1) is 10.9. The van der Waals surface area contributed by atoms with Gasteiger partial charge in [0.25, 0.3) is 5.91 Å². The number of carboxylic acid groups (broad SMARTS) is 1. The number of carboxylic acids is 1. The van der Waals surface area contributed by atoms with Gasteiger partial charge >= 0.3 is 5.97 Å². The standard InChI is InChI=1S/C15H12BrNO4S2/c1-2-5-21-11-4-3-10(16)6-9(11)7-12-14(20)17(8-13(18)19)15(22)23-12/h2-4,6-7H,1,5,8H2,(H,18,19)/b12-7-. The van der Waals surface area contributed by atoms with Gasteiger partial charge in [-0.25, -0.2) is 0 Å². The predicted octanol–water partition coefficient (Wildman–Crippen LogP) is 3.30. The van der Waals surface area contributed by atoms with E-state index >= 15 is 0 Å². The molecule has 0 radical (unpaired) electrons. The maximum Gasteiger partial charge on any atom is 0.323 e. The second-order valence-corrected chi connectivity index (χ2v) is 7.03. The molecule has 1 aliphatic heterocycles. The van der Waals surface area contributed by atoms with Crippen LogP contribution >= 0.6 is 39.9 Å². The second kappa shape index (κ2) is 7.76. The number of hydrogen-bond donors (Lipinski definition) is 1. The third-order valence-electron chi connectivity index (χ3n) is 2.78. The molecule has 0 bridgehead atoms. The zero-order chi connectivity index (χ0) is 17.0. The van der Waals surface area contributed by atoms with Gasteiger partial charge in [0.15, 0.2) is 0 Å². The zero-order valence-corrected chi connectivity index (χ0v) is 15.0. The summed E-state index contributed by atoms with van der Waals surface area (Å²) in [6.45, 7) is 3.49. The molecular formula is C15H12BrNO4S2. The van der Waals surface area contributed by atoms with Crippen molar-refractivity contribution < 1.29 is 19.4 Å². The van der Waals surface area contributed by atoms with Gasteiger partial charge in [-0.3, -0.25) is 14.5 Å². The van der Waals surface area contributed by atoms with Crippen molar-refractivity contribution in [2.75, 3.05) is 13.2 Å². The molecule has 2 rings (SSSR count). The van der Waals surface area contributed by atoms with Crippen molar-refractivity contribution in [3.8, 4) is 5.75 Å². The van der Waals surface area contributed by atoms with E-state index < -0.39 is 18.4 Å². The Morgan fingerprint density at radius 1 is 1.52 bits per heavy atom. The minimum atomic E-state index is -1.11. The number of amides is 1. The molecule has 23 heavy (non-hydrogen) atoms. The van der Waals surface area contributed by atoms with Crippen LogP contribution < -0.4 is 4.74 Å². The quantitative estimate of drug-likeness (QED) is 0.438. The van der Waals surface area contributed by atoms with Crippen molar-refractivity contribution in [1.29, 1.82) is 0 Å². The molecule has 1 aromatic rings. The third-order valence-corrected chi connectivity index (χ3v) is 4.65. The van der Waals surface area contributed by atoms with Crippen LogP contribution in [0.25, 0.3) is 6.08 Å². The fraction of sp³-hybridized carbons (Fsp3) is 0.133. The number of thiocarbonyl (C=S) groups is 1. The molecule has 1 amide bonds. The number of ether oxygens (including phenoxy) is 1. The number of carbonyl (C=O) groups is 2. The summed E-state index contributed by atoms with van der Waals surface area (Å²) in [5.41, 5.74) is 0.692. The molecule has 1 saturated heterocycles. The molecule has 0 atom stereocenters. The molecule has 1 aliphatic rings. The Kier molecular flexibility index (Phi) is 5.97. The molecule has 0 saturated carbocycles. The van der Waals surface area contributed by atoms with Gasteiger partial charge in [-0.15, -0.1) is 0 Å². The Bertz CT molecular complexity index is 717. The van der Waals surface area contributed by atoms with Crippen LogP contribution in [0.2, 0.25) is 0 Å². The molecule has 0 aliphatic carbocycles. The van der Waals surface area contributed by atoms with Crippen molar-refractivity contribution in [3.05, 3.63) is 45.8 Å². The lowest BCUT2D eigenvalue weighted by Crippen LogP contribution is -2.33. The highest BCUT2D eigenvalue weighted by atomic mass is 79.9. The maximum absolute atomic E-state index is 12.3. The Hall–Kier alpha value is -1.64. The molecule has 5 nitrogen and oxygen atoms in total. The highest BCUT2D eigenvalue weighted by Gasteiger charge is 2.33. The Balaban J connectivity index is 2.33. The first-order valence-electron chi connectivity index (χ1n) is 6.42. The Morgan fingerprint density at radius 2 is 2.26 bits per heavy atom. The highest BCUT2D eigenvalue weighted by Crippen LogP contribution is 2.34. The molecule has 8 heteroatoms. The van der Waals surface area contributed by atoms with Crippen molar-refractivity contribution in [3.63, 3.8) is 0 Å². The molecule has 0 unspecified atom stereocenters. The van der Waals surface area contributed by atoms with E-state index in [0.29, 0.717) is 22.8 Å². The van der Waals surface area contributed by atoms with Gasteiger partial charge < -0.3 is 9.84 Å². The van der Waals surface area contributed by atoms with Crippen LogP contribution in [0.3, 0.4) is 0 Å². The van der Waals surface area contributed by atoms with E-state index in [2.05, 4.69) is 22.5 Å². The van der Waals surface area contributed by atoms with E-state index in [1.54, 1.807) is 18.2 Å². The number of aliphatic carboxylic acids is 1. The van der Waals surface area contributed by atoms with Crippen LogP contribution in [-0.2, 0) is 9.59 Å². The lowest BCUT2D eigenvalue weighted by Gasteiger charge is -2.10. The number of halogens is 1. The summed E-state index contributed by atoms with van der Waals surface area (Å²) in [7, 11) is 0. The molecule has 1 heterocycles. The van der Waals surface area contributed by atoms with Gasteiger partial charge in [-0.1, -0.05) is 52.6 Å². The first-order valence-corrected chi connectivity index (χ1v) is 8.44. The molecule has 1 fully saturated rings. The lowest BCUT2D eigenvalue weighted by atomic mass is 10.2. The summed E-state index contributed by atoms with van der Waals surface area (Å²) in [6, 6.07) is 5.41. The van der Waals surface area contributed by atoms with Crippen LogP contribution in [0, 0.1) is 0 Å². The van der Waals surface area contributed by atoms with Gasteiger partial charge in [0, 0.05) is 10.0 Å². The molecular weight excluding hydrogens is 402 g/mol. The van der Waals surface area contributed by atoms with E-state index in [0.717, 1.165) is 21.1 Å². The number of carbonyl (C=O) groups excluding carboxylic acids is 1. The summed E-state index contributed by atoms with van der Waals surface area (Å²) in [4.78, 5) is 24.5. The molecule has 1 N–H and O–H groups in total. The predicted molar refractivity (Wildman–Crippen MR) is 97.3 cm³/mol. The van der Waals surface area contributed by atoms with Crippen molar-refractivity contribution in [1.82, 2.24) is 4.90 Å². The average molecular weight is 414 g/mol. The van der Waals surface area contributed by atoms with Crippen molar-refractivity contribution >= 4 is 62.2 Å². The van der Waals surface area contributed by atoms with Gasteiger partial charge in [0.05, 0.1) is 4.91 Å². The van der Waals surface area contributed by atoms with Crippen LogP contribution in [0.1, 0.15) is 5.56 Å². The second-order valence-electron chi connectivity index (χ2n) is 4.44. The normalized spacial score (nSPS) is 16.0. The number of nitrogens with zero attached hydrogens (tertiary/aromatic N) is 1. The van der Waals surface area contributed by atoms with Gasteiger partial charge in [-0.05, 0) is 24.3 Å². The molecule has 120 valence electrons. The fourth-order valence-corrected chi connectivity index (χ4v) is 3.45. The van der Waals surface area contributed by atoms with Crippen LogP contribution in [0.4, 0.5) is 0 Å². The van der Waals surface area contributed by atoms with E-state index in [4.69, 9.17) is 22.1 Å². The van der Waals surface area contributed by atoms with Gasteiger partial charge in [0.1, 0.15) is 23.2 Å². The fourth-order valence-electron chi connectivity index (χ4n) is 1.83. The third kappa shape index (κ3) is 4.43. The minimum Gasteiger partial charge on any atom is -0.489 e. The van der Waals surface area contributed by atoms with Crippen LogP contribution in [0.15, 0.2) is 40.2 Å². The van der Waals surface area contributed by atoms with Crippen molar-refractivity contribution in [2.24, 2.45) is 0 Å². The summed E-state index contributed by atoms with van der Waals surface area (Å²) >= 11 is 9.51. The summed E-state index contributed by atoms with van der Waals surface area (Å²) in [5.74, 6) is -0.936. The summed E-state index contributed by atoms with van der Waals surface area (Å²) < 4.78 is 6.62. The first kappa shape index (κ1) is 17.7. The molecule has 0 spiro atoms. The number of rotatable bonds is 6. The number of hydrogen-bond acceptors (Lipinski definition) is 5. The van der Waals surface area contributed by atoms with Crippen LogP contribution in [-0.4, -0.2) is 39.4 Å². The highest BCUT2D eigenvalue weighted by molar-refractivity contribution is 9.10. The van der Waals surface area contributed by atoms with E-state index in [1.165, 1.54) is 0 Å². The molecule has 0 aromatic heterocycles. The number of thioether (sulfide) groups is 1. The van der Waals surface area contributed by atoms with Gasteiger partial charge in [0.2, 0.25) is 0 Å². The Labute approximate surface area is 151 Å². The smallest absolute Gasteiger partial charge is 0.323 e. The van der Waals surface area contributed by atoms with E-state index in [-0.39, 0.29) is 4.32 Å². The summed E-state index contributed by atoms with van der Waals surface area (Å²) in [6.07, 6.45) is 3.27. The van der Waals surface area contributed by atoms with E-state index in [1.807, 2.05) is 12.1 Å². The van der Waals surface area contributed by atoms with Gasteiger partial charge in [-0.2, -0.15) is 0 Å². The summed E-state index contributed by atoms with van der Waals surface area (Å²) in [5, 5.41) is 8.85. The van der Waals surface area contributed by atoms with E-state index in [9.17, 15) is 9.59 Å².